The molecule has 1 aliphatic heterocycles. The van der Waals surface area contributed by atoms with Gasteiger partial charge in [0.05, 0.1) is 18.7 Å². The van der Waals surface area contributed by atoms with Gasteiger partial charge in [0, 0.05) is 20.2 Å². The third-order valence-electron chi connectivity index (χ3n) is 5.88. The first kappa shape index (κ1) is 27.1. The zero-order chi connectivity index (χ0) is 26.6. The van der Waals surface area contributed by atoms with Crippen molar-refractivity contribution in [3.8, 4) is 5.75 Å². The number of ether oxygens (including phenoxy) is 2. The standard InChI is InChI=1S/C25H33FN4O6/c1-6-29(24(34)36-25(2,3)4)18-12-11-17(35-5)14-30-21(18)28-19(20(31)23(30)33)22(32)27-13-15-7-9-16(26)10-8-15/h7-10,17-18,31H,6,11-14H2,1-5H3,(H,27,32)/t17-,18?/m0/s1. The molecule has 2 atom stereocenters. The molecule has 0 bridgehead atoms. The van der Waals surface area contributed by atoms with E-state index in [1.165, 1.54) is 40.8 Å². The van der Waals surface area contributed by atoms with Gasteiger partial charge in [-0.15, -0.1) is 0 Å². The van der Waals surface area contributed by atoms with Crippen molar-refractivity contribution in [2.45, 2.75) is 71.4 Å². The fourth-order valence-corrected chi connectivity index (χ4v) is 4.07. The fraction of sp³-hybridized carbons (Fsp3) is 0.520. The molecule has 0 saturated heterocycles. The van der Waals surface area contributed by atoms with Crippen LogP contribution in [0, 0.1) is 5.82 Å². The van der Waals surface area contributed by atoms with Gasteiger partial charge in [-0.1, -0.05) is 12.1 Å². The normalized spacial score (nSPS) is 17.6. The lowest BCUT2D eigenvalue weighted by Gasteiger charge is -2.32. The molecule has 2 heterocycles. The van der Waals surface area contributed by atoms with E-state index in [0.29, 0.717) is 18.4 Å². The van der Waals surface area contributed by atoms with E-state index in [1.54, 1.807) is 27.7 Å². The maximum absolute atomic E-state index is 13.2. The largest absolute Gasteiger partial charge is 0.501 e. The van der Waals surface area contributed by atoms with Gasteiger partial charge in [-0.2, -0.15) is 0 Å². The highest BCUT2D eigenvalue weighted by molar-refractivity contribution is 5.94. The monoisotopic (exact) mass is 504 g/mol. The van der Waals surface area contributed by atoms with Gasteiger partial charge >= 0.3 is 6.09 Å². The Balaban J connectivity index is 2.01. The zero-order valence-corrected chi connectivity index (χ0v) is 21.2. The molecule has 0 saturated carbocycles. The van der Waals surface area contributed by atoms with Crippen molar-refractivity contribution < 1.29 is 28.6 Å². The first-order chi connectivity index (χ1) is 16.9. The molecule has 11 heteroatoms. The van der Waals surface area contributed by atoms with Crippen molar-refractivity contribution in [2.24, 2.45) is 0 Å². The number of amides is 2. The van der Waals surface area contributed by atoms with E-state index in [1.807, 2.05) is 0 Å². The summed E-state index contributed by atoms with van der Waals surface area (Å²) in [6, 6.07) is 4.85. The maximum atomic E-state index is 13.2. The van der Waals surface area contributed by atoms with Crippen molar-refractivity contribution >= 4 is 12.0 Å². The molecule has 0 fully saturated rings. The van der Waals surface area contributed by atoms with Crippen molar-refractivity contribution in [1.29, 1.82) is 0 Å². The van der Waals surface area contributed by atoms with E-state index < -0.39 is 46.5 Å². The lowest BCUT2D eigenvalue weighted by molar-refractivity contribution is 0.0139. The summed E-state index contributed by atoms with van der Waals surface area (Å²) >= 11 is 0. The van der Waals surface area contributed by atoms with Crippen LogP contribution in [0.15, 0.2) is 29.1 Å². The first-order valence-electron chi connectivity index (χ1n) is 11.8. The number of carbonyl (C=O) groups is 2. The molecular formula is C25H33FN4O6. The second kappa shape index (κ2) is 11.1. The van der Waals surface area contributed by atoms with Crippen LogP contribution in [0.4, 0.5) is 9.18 Å². The summed E-state index contributed by atoms with van der Waals surface area (Å²) < 4.78 is 25.5. The molecule has 1 aliphatic rings. The Morgan fingerprint density at radius 2 is 1.92 bits per heavy atom. The molecule has 2 N–H and O–H groups in total. The molecule has 2 aromatic rings. The number of aromatic nitrogens is 2. The molecule has 3 rings (SSSR count). The number of carbonyl (C=O) groups excluding carboxylic acids is 2. The van der Waals surface area contributed by atoms with E-state index in [9.17, 15) is 23.9 Å². The first-order valence-corrected chi connectivity index (χ1v) is 11.8. The molecule has 0 radical (unpaired) electrons. The molecule has 1 aromatic carbocycles. The topological polar surface area (TPSA) is 123 Å². The Morgan fingerprint density at radius 3 is 2.50 bits per heavy atom. The lowest BCUT2D eigenvalue weighted by atomic mass is 10.1. The molecule has 1 unspecified atom stereocenters. The zero-order valence-electron chi connectivity index (χ0n) is 21.2. The number of halogens is 1. The summed E-state index contributed by atoms with van der Waals surface area (Å²) in [5.41, 5.74) is -1.37. The highest BCUT2D eigenvalue weighted by atomic mass is 19.1. The van der Waals surface area contributed by atoms with Gasteiger partial charge in [0.1, 0.15) is 17.2 Å². The number of nitrogens with zero attached hydrogens (tertiary/aromatic N) is 3. The van der Waals surface area contributed by atoms with Gasteiger partial charge < -0.3 is 19.9 Å². The van der Waals surface area contributed by atoms with E-state index in [4.69, 9.17) is 9.47 Å². The minimum atomic E-state index is -0.805. The third kappa shape index (κ3) is 6.20. The van der Waals surface area contributed by atoms with Crippen LogP contribution < -0.4 is 10.9 Å². The molecule has 0 spiro atoms. The number of benzene rings is 1. The van der Waals surface area contributed by atoms with Crippen LogP contribution in [-0.4, -0.2) is 56.9 Å². The number of rotatable bonds is 6. The summed E-state index contributed by atoms with van der Waals surface area (Å²) in [6.45, 7) is 7.45. The molecule has 196 valence electrons. The van der Waals surface area contributed by atoms with E-state index in [0.717, 1.165) is 0 Å². The fourth-order valence-electron chi connectivity index (χ4n) is 4.07. The number of hydrogen-bond donors (Lipinski definition) is 2. The Morgan fingerprint density at radius 1 is 1.25 bits per heavy atom. The van der Waals surface area contributed by atoms with Gasteiger partial charge in [-0.05, 0) is 58.2 Å². The van der Waals surface area contributed by atoms with Crippen molar-refractivity contribution in [3.63, 3.8) is 0 Å². The number of methoxy groups -OCH3 is 1. The Hall–Kier alpha value is -3.47. The van der Waals surface area contributed by atoms with Gasteiger partial charge in [-0.25, -0.2) is 14.2 Å². The molecule has 1 aromatic heterocycles. The van der Waals surface area contributed by atoms with Gasteiger partial charge in [0.15, 0.2) is 5.69 Å². The predicted octanol–water partition coefficient (Wildman–Crippen LogP) is 3.12. The minimum absolute atomic E-state index is 0.0345. The summed E-state index contributed by atoms with van der Waals surface area (Å²) in [4.78, 5) is 45.0. The SMILES string of the molecule is CCN(C(=O)OC(C)(C)C)C1CC[C@H](OC)Cn2c1nc(C(=O)NCc1ccc(F)cc1)c(O)c2=O. The Kier molecular flexibility index (Phi) is 8.34. The van der Waals surface area contributed by atoms with Gasteiger partial charge in [0.2, 0.25) is 5.75 Å². The Bertz CT molecular complexity index is 1160. The average Bonchev–Trinajstić information content (AvgIpc) is 3.00. The summed E-state index contributed by atoms with van der Waals surface area (Å²) in [5.74, 6) is -1.82. The number of hydrogen-bond acceptors (Lipinski definition) is 7. The number of aromatic hydroxyl groups is 1. The van der Waals surface area contributed by atoms with Crippen LogP contribution >= 0.6 is 0 Å². The number of fused-ring (bicyclic) bond motifs is 1. The molecule has 36 heavy (non-hydrogen) atoms. The molecule has 10 nitrogen and oxygen atoms in total. The second-order valence-corrected chi connectivity index (χ2v) is 9.61. The van der Waals surface area contributed by atoms with E-state index in [2.05, 4.69) is 10.3 Å². The lowest BCUT2D eigenvalue weighted by Crippen LogP contribution is -2.41. The van der Waals surface area contributed by atoms with Gasteiger partial charge in [0.25, 0.3) is 11.5 Å². The summed E-state index contributed by atoms with van der Waals surface area (Å²) in [7, 11) is 1.52. The van der Waals surface area contributed by atoms with Crippen LogP contribution in [0.1, 0.15) is 68.5 Å². The van der Waals surface area contributed by atoms with Crippen LogP contribution in [-0.2, 0) is 22.6 Å². The third-order valence-corrected chi connectivity index (χ3v) is 5.88. The Labute approximate surface area is 209 Å². The molecule has 0 aliphatic carbocycles. The van der Waals surface area contributed by atoms with Crippen molar-refractivity contribution in [2.75, 3.05) is 13.7 Å². The van der Waals surface area contributed by atoms with Crippen LogP contribution in [0.3, 0.4) is 0 Å². The molecular weight excluding hydrogens is 471 g/mol. The van der Waals surface area contributed by atoms with Crippen LogP contribution in [0.2, 0.25) is 0 Å². The smallest absolute Gasteiger partial charge is 0.410 e. The average molecular weight is 505 g/mol. The number of nitrogens with one attached hydrogen (secondary N) is 1. The highest BCUT2D eigenvalue weighted by Crippen LogP contribution is 2.31. The predicted molar refractivity (Wildman–Crippen MR) is 129 cm³/mol. The second-order valence-electron chi connectivity index (χ2n) is 9.61. The highest BCUT2D eigenvalue weighted by Gasteiger charge is 2.36. The van der Waals surface area contributed by atoms with Crippen molar-refractivity contribution in [1.82, 2.24) is 19.8 Å². The van der Waals surface area contributed by atoms with Crippen molar-refractivity contribution in [3.05, 3.63) is 57.5 Å². The van der Waals surface area contributed by atoms with Crippen LogP contribution in [0.25, 0.3) is 0 Å². The maximum Gasteiger partial charge on any atom is 0.410 e. The summed E-state index contributed by atoms with van der Waals surface area (Å²) in [6.07, 6.45) is -0.0274. The van der Waals surface area contributed by atoms with Gasteiger partial charge in [-0.3, -0.25) is 19.1 Å². The minimum Gasteiger partial charge on any atom is -0.501 e. The summed E-state index contributed by atoms with van der Waals surface area (Å²) in [5, 5.41) is 13.2. The quantitative estimate of drug-likeness (QED) is 0.620. The van der Waals surface area contributed by atoms with E-state index >= 15 is 0 Å². The van der Waals surface area contributed by atoms with E-state index in [-0.39, 0.29) is 31.6 Å². The van der Waals surface area contributed by atoms with Crippen LogP contribution in [0.5, 0.6) is 5.75 Å². The molecule has 2 amide bonds.